The van der Waals surface area contributed by atoms with Crippen molar-refractivity contribution < 1.29 is 9.90 Å². The maximum atomic E-state index is 12.9. The fourth-order valence-corrected chi connectivity index (χ4v) is 3.08. The molecule has 3 aromatic rings. The zero-order chi connectivity index (χ0) is 19.6. The van der Waals surface area contributed by atoms with Gasteiger partial charge in [0.2, 0.25) is 0 Å². The Hall–Kier alpha value is -3.41. The van der Waals surface area contributed by atoms with E-state index in [-0.39, 0.29) is 11.1 Å². The Morgan fingerprint density at radius 2 is 1.93 bits per heavy atom. The smallest absolute Gasteiger partial charge is 0.337 e. The van der Waals surface area contributed by atoms with E-state index in [0.29, 0.717) is 17.7 Å². The third-order valence-corrected chi connectivity index (χ3v) is 4.37. The first-order valence-corrected chi connectivity index (χ1v) is 8.70. The molecule has 0 amide bonds. The molecule has 138 valence electrons. The van der Waals surface area contributed by atoms with Gasteiger partial charge >= 0.3 is 5.97 Å². The van der Waals surface area contributed by atoms with E-state index in [1.165, 1.54) is 10.9 Å². The number of aliphatic imine (C=N–C) groups is 1. The highest BCUT2D eigenvalue weighted by molar-refractivity contribution is 5.96. The van der Waals surface area contributed by atoms with Crippen molar-refractivity contribution in [3.63, 3.8) is 0 Å². The number of hydrogen-bond acceptors (Lipinski definition) is 3. The number of nitrogens with zero attached hydrogens (tertiary/aromatic N) is 2. The van der Waals surface area contributed by atoms with Gasteiger partial charge in [-0.15, -0.1) is 0 Å². The van der Waals surface area contributed by atoms with Gasteiger partial charge < -0.3 is 5.11 Å². The molecule has 0 atom stereocenters. The molecule has 3 rings (SSSR count). The molecule has 6 nitrogen and oxygen atoms in total. The van der Waals surface area contributed by atoms with E-state index in [1.807, 2.05) is 57.2 Å². The number of nitrogens with one attached hydrogen (secondary N) is 1. The number of rotatable bonds is 5. The van der Waals surface area contributed by atoms with Crippen molar-refractivity contribution in [3.8, 4) is 5.69 Å². The second kappa shape index (κ2) is 7.45. The van der Waals surface area contributed by atoms with Gasteiger partial charge in [-0.2, -0.15) is 0 Å². The second-order valence-corrected chi connectivity index (χ2v) is 6.38. The van der Waals surface area contributed by atoms with E-state index in [1.54, 1.807) is 6.07 Å². The molecule has 0 aliphatic rings. The molecular weight excluding hydrogens is 342 g/mol. The van der Waals surface area contributed by atoms with Crippen LogP contribution < -0.4 is 5.56 Å². The van der Waals surface area contributed by atoms with Gasteiger partial charge in [0.05, 0.1) is 22.5 Å². The van der Waals surface area contributed by atoms with Crippen LogP contribution in [0.25, 0.3) is 5.69 Å². The third kappa shape index (κ3) is 3.60. The quantitative estimate of drug-likeness (QED) is 0.676. The Balaban J connectivity index is 2.11. The Morgan fingerprint density at radius 1 is 1.22 bits per heavy atom. The predicted molar refractivity (Wildman–Crippen MR) is 106 cm³/mol. The van der Waals surface area contributed by atoms with Crippen molar-refractivity contribution >= 4 is 17.9 Å². The van der Waals surface area contributed by atoms with Gasteiger partial charge in [-0.05, 0) is 49.6 Å². The van der Waals surface area contributed by atoms with Gasteiger partial charge in [0.15, 0.2) is 0 Å². The molecule has 1 heterocycles. The zero-order valence-corrected chi connectivity index (χ0v) is 15.5. The summed E-state index contributed by atoms with van der Waals surface area (Å²) in [6.07, 6.45) is 2.08. The molecule has 27 heavy (non-hydrogen) atoms. The van der Waals surface area contributed by atoms with Crippen LogP contribution in [-0.2, 0) is 6.42 Å². The number of aromatic carboxylic acids is 1. The maximum Gasteiger partial charge on any atom is 0.337 e. The molecule has 0 spiro atoms. The topological polar surface area (TPSA) is 87.5 Å². The molecule has 2 N–H and O–H groups in total. The molecule has 0 fully saturated rings. The van der Waals surface area contributed by atoms with Crippen molar-refractivity contribution in [1.82, 2.24) is 9.78 Å². The molecule has 0 aliphatic carbocycles. The number of carboxylic acid groups (broad SMARTS) is 1. The van der Waals surface area contributed by atoms with Crippen LogP contribution in [0.4, 0.5) is 5.69 Å². The number of hydrogen-bond donors (Lipinski definition) is 2. The third-order valence-electron chi connectivity index (χ3n) is 4.37. The minimum Gasteiger partial charge on any atom is -0.478 e. The Bertz CT molecular complexity index is 1080. The van der Waals surface area contributed by atoms with E-state index < -0.39 is 5.97 Å². The van der Waals surface area contributed by atoms with E-state index in [0.717, 1.165) is 22.5 Å². The molecule has 0 bridgehead atoms. The number of aryl methyl sites for hydroxylation is 3. The number of carboxylic acids is 1. The number of carbonyl (C=O) groups is 1. The average molecular weight is 363 g/mol. The van der Waals surface area contributed by atoms with Crippen molar-refractivity contribution in [1.29, 1.82) is 0 Å². The van der Waals surface area contributed by atoms with Crippen LogP contribution >= 0.6 is 0 Å². The number of benzene rings is 2. The van der Waals surface area contributed by atoms with Gasteiger partial charge in [-0.3, -0.25) is 14.9 Å². The van der Waals surface area contributed by atoms with Gasteiger partial charge in [0.1, 0.15) is 0 Å². The van der Waals surface area contributed by atoms with E-state index in [9.17, 15) is 14.7 Å². The largest absolute Gasteiger partial charge is 0.478 e. The lowest BCUT2D eigenvalue weighted by molar-refractivity contribution is 0.0697. The molecule has 0 saturated heterocycles. The molecule has 0 saturated carbocycles. The summed E-state index contributed by atoms with van der Waals surface area (Å²) < 4.78 is 1.47. The average Bonchev–Trinajstić information content (AvgIpc) is 2.97. The molecule has 0 radical (unpaired) electrons. The summed E-state index contributed by atoms with van der Waals surface area (Å²) in [5.74, 6) is -1.04. The minimum absolute atomic E-state index is 0.126. The summed E-state index contributed by atoms with van der Waals surface area (Å²) in [7, 11) is 0. The fraction of sp³-hybridized carbons (Fsp3) is 0.190. The van der Waals surface area contributed by atoms with Crippen molar-refractivity contribution in [3.05, 3.63) is 80.8 Å². The number of aromatic nitrogens is 2. The van der Waals surface area contributed by atoms with Crippen LogP contribution in [0.5, 0.6) is 0 Å². The van der Waals surface area contributed by atoms with E-state index >= 15 is 0 Å². The first kappa shape index (κ1) is 18.4. The first-order chi connectivity index (χ1) is 12.9. The van der Waals surface area contributed by atoms with Gasteiger partial charge in [-0.25, -0.2) is 9.48 Å². The predicted octanol–water partition coefficient (Wildman–Crippen LogP) is 3.79. The standard InChI is InChI=1S/C21H21N3O3/c1-4-18-17(20(25)24(23-18)15-8-6-5-7-9-15)12-22-19-14(3)10-13(2)11-16(19)21(26)27/h5-12,23H,4H2,1-3H3,(H,26,27). The first-order valence-electron chi connectivity index (χ1n) is 8.70. The number of aromatic amines is 1. The Labute approximate surface area is 156 Å². The van der Waals surface area contributed by atoms with Crippen molar-refractivity contribution in [2.75, 3.05) is 0 Å². The van der Waals surface area contributed by atoms with E-state index in [2.05, 4.69) is 10.1 Å². The SMILES string of the molecule is CCc1[nH]n(-c2ccccc2)c(=O)c1C=Nc1c(C)cc(C)cc1C(=O)O. The second-order valence-electron chi connectivity index (χ2n) is 6.38. The molecule has 6 heteroatoms. The number of H-pyrrole nitrogens is 1. The lowest BCUT2D eigenvalue weighted by atomic mass is 10.0. The van der Waals surface area contributed by atoms with Gasteiger partial charge in [-0.1, -0.05) is 31.2 Å². The summed E-state index contributed by atoms with van der Waals surface area (Å²) in [6, 6.07) is 12.7. The highest BCUT2D eigenvalue weighted by Gasteiger charge is 2.15. The summed E-state index contributed by atoms with van der Waals surface area (Å²) in [4.78, 5) is 28.8. The van der Waals surface area contributed by atoms with Crippen molar-refractivity contribution in [2.45, 2.75) is 27.2 Å². The Morgan fingerprint density at radius 3 is 2.56 bits per heavy atom. The van der Waals surface area contributed by atoms with Crippen molar-refractivity contribution in [2.24, 2.45) is 4.99 Å². The van der Waals surface area contributed by atoms with Gasteiger partial charge in [0.25, 0.3) is 5.56 Å². The summed E-state index contributed by atoms with van der Waals surface area (Å²) in [6.45, 7) is 5.59. The lowest BCUT2D eigenvalue weighted by Crippen LogP contribution is -2.17. The highest BCUT2D eigenvalue weighted by Crippen LogP contribution is 2.26. The monoisotopic (exact) mass is 363 g/mol. The minimum atomic E-state index is -1.04. The molecule has 0 unspecified atom stereocenters. The normalized spacial score (nSPS) is 11.2. The summed E-state index contributed by atoms with van der Waals surface area (Å²) in [5.41, 5.74) is 3.78. The lowest BCUT2D eigenvalue weighted by Gasteiger charge is -2.06. The van der Waals surface area contributed by atoms with Crippen LogP contribution in [0.1, 0.15) is 39.7 Å². The number of para-hydroxylation sites is 1. The van der Waals surface area contributed by atoms with Gasteiger partial charge in [0, 0.05) is 11.9 Å². The van der Waals surface area contributed by atoms with E-state index in [4.69, 9.17) is 0 Å². The zero-order valence-electron chi connectivity index (χ0n) is 15.5. The van der Waals surface area contributed by atoms with Crippen LogP contribution in [0, 0.1) is 13.8 Å². The molecule has 2 aromatic carbocycles. The molecule has 0 aliphatic heterocycles. The van der Waals surface area contributed by atoms with Crippen LogP contribution in [-0.4, -0.2) is 27.1 Å². The maximum absolute atomic E-state index is 12.9. The summed E-state index contributed by atoms with van der Waals surface area (Å²) >= 11 is 0. The molecular formula is C21H21N3O3. The summed E-state index contributed by atoms with van der Waals surface area (Å²) in [5, 5.41) is 12.6. The van der Waals surface area contributed by atoms with Crippen LogP contribution in [0.3, 0.4) is 0 Å². The fourth-order valence-electron chi connectivity index (χ4n) is 3.08. The van der Waals surface area contributed by atoms with Crippen LogP contribution in [0.2, 0.25) is 0 Å². The highest BCUT2D eigenvalue weighted by atomic mass is 16.4. The Kier molecular flexibility index (Phi) is 5.07. The van der Waals surface area contributed by atoms with Crippen LogP contribution in [0.15, 0.2) is 52.3 Å². The molecule has 1 aromatic heterocycles.